The Morgan fingerprint density at radius 2 is 1.58 bits per heavy atom. The molecule has 0 atom stereocenters. The van der Waals surface area contributed by atoms with Gasteiger partial charge in [0.05, 0.1) is 5.69 Å². The lowest BCUT2D eigenvalue weighted by molar-refractivity contribution is 0.600. The summed E-state index contributed by atoms with van der Waals surface area (Å²) in [5.74, 6) is -0.903. The SMILES string of the molecule is CC.I/C=C/I.N#Cc1ncccc1F.NCc1ncccc1F. The van der Waals surface area contributed by atoms with Gasteiger partial charge in [-0.1, -0.05) is 59.0 Å². The molecule has 130 valence electrons. The molecule has 2 rings (SSSR count). The van der Waals surface area contributed by atoms with E-state index in [2.05, 4.69) is 55.1 Å². The van der Waals surface area contributed by atoms with Crippen molar-refractivity contribution in [2.24, 2.45) is 5.73 Å². The highest BCUT2D eigenvalue weighted by molar-refractivity contribution is 14.1. The van der Waals surface area contributed by atoms with E-state index in [4.69, 9.17) is 11.0 Å². The van der Waals surface area contributed by atoms with Gasteiger partial charge in [0, 0.05) is 18.9 Å². The van der Waals surface area contributed by atoms with Crippen molar-refractivity contribution in [3.05, 3.63) is 67.8 Å². The third kappa shape index (κ3) is 12.3. The maximum absolute atomic E-state index is 12.4. The van der Waals surface area contributed by atoms with Crippen molar-refractivity contribution in [3.63, 3.8) is 0 Å². The summed E-state index contributed by atoms with van der Waals surface area (Å²) in [7, 11) is 0. The molecule has 0 amide bonds. The standard InChI is InChI=1S/C6H7FN2.C6H3FN2.C2H2I2.C2H6/c2*7-5-2-1-3-9-6(5)4-8;3-1-2-4;1-2/h1-3H,4,8H2;1-3H;1-2H;1-2H3/b;;2-1+;. The molecule has 0 aliphatic heterocycles. The van der Waals surface area contributed by atoms with Gasteiger partial charge in [-0.3, -0.25) is 4.98 Å². The van der Waals surface area contributed by atoms with Crippen LogP contribution in [-0.4, -0.2) is 9.97 Å². The summed E-state index contributed by atoms with van der Waals surface area (Å²) < 4.78 is 28.7. The fraction of sp³-hybridized carbons (Fsp3) is 0.188. The monoisotopic (exact) mass is 558 g/mol. The smallest absolute Gasteiger partial charge is 0.176 e. The zero-order valence-electron chi connectivity index (χ0n) is 13.3. The minimum atomic E-state index is -0.569. The number of hydrogen-bond acceptors (Lipinski definition) is 4. The van der Waals surface area contributed by atoms with E-state index in [1.165, 1.54) is 36.7 Å². The maximum Gasteiger partial charge on any atom is 0.176 e. The first kappa shape index (κ1) is 25.1. The van der Waals surface area contributed by atoms with Crippen LogP contribution in [-0.2, 0) is 6.54 Å². The number of hydrogen-bond donors (Lipinski definition) is 1. The fourth-order valence-corrected chi connectivity index (χ4v) is 1.04. The number of nitrogens with two attached hydrogens (primary N) is 1. The molecule has 0 bridgehead atoms. The zero-order chi connectivity index (χ0) is 18.8. The van der Waals surface area contributed by atoms with Crippen LogP contribution in [0.2, 0.25) is 0 Å². The van der Waals surface area contributed by atoms with E-state index in [1.54, 1.807) is 6.07 Å². The molecular weight excluding hydrogens is 540 g/mol. The molecule has 2 N–H and O–H groups in total. The van der Waals surface area contributed by atoms with Gasteiger partial charge >= 0.3 is 0 Å². The van der Waals surface area contributed by atoms with E-state index in [0.717, 1.165) is 0 Å². The first-order valence-corrected chi connectivity index (χ1v) is 9.25. The Morgan fingerprint density at radius 3 is 1.88 bits per heavy atom. The third-order valence-corrected chi connectivity index (χ3v) is 4.04. The third-order valence-electron chi connectivity index (χ3n) is 1.94. The molecular formula is C16H18F2I2N4. The predicted molar refractivity (Wildman–Crippen MR) is 110 cm³/mol. The van der Waals surface area contributed by atoms with Crippen molar-refractivity contribution in [2.75, 3.05) is 0 Å². The van der Waals surface area contributed by atoms with E-state index in [-0.39, 0.29) is 18.1 Å². The molecule has 0 saturated carbocycles. The molecule has 0 fully saturated rings. The summed E-state index contributed by atoms with van der Waals surface area (Å²) in [4.78, 5) is 7.16. The second kappa shape index (κ2) is 18.2. The first-order chi connectivity index (χ1) is 11.6. The Balaban J connectivity index is 0. The van der Waals surface area contributed by atoms with E-state index >= 15 is 0 Å². The van der Waals surface area contributed by atoms with Crippen LogP contribution < -0.4 is 5.73 Å². The van der Waals surface area contributed by atoms with Gasteiger partial charge < -0.3 is 5.73 Å². The van der Waals surface area contributed by atoms with Crippen LogP contribution in [0.25, 0.3) is 0 Å². The summed E-state index contributed by atoms with van der Waals surface area (Å²) >= 11 is 4.33. The highest BCUT2D eigenvalue weighted by atomic mass is 127. The van der Waals surface area contributed by atoms with Crippen molar-refractivity contribution in [2.45, 2.75) is 20.4 Å². The van der Waals surface area contributed by atoms with E-state index in [9.17, 15) is 8.78 Å². The molecule has 0 spiro atoms. The van der Waals surface area contributed by atoms with Crippen LogP contribution >= 0.6 is 45.2 Å². The van der Waals surface area contributed by atoms with Crippen molar-refractivity contribution >= 4 is 45.2 Å². The Kier molecular flexibility index (Phi) is 19.0. The normalized spacial score (nSPS) is 8.58. The molecule has 2 heterocycles. The topological polar surface area (TPSA) is 75.6 Å². The molecule has 0 aliphatic rings. The van der Waals surface area contributed by atoms with Gasteiger partial charge in [-0.15, -0.1) is 0 Å². The Labute approximate surface area is 168 Å². The number of nitrogens with zero attached hydrogens (tertiary/aromatic N) is 3. The van der Waals surface area contributed by atoms with Crippen LogP contribution in [0, 0.1) is 23.0 Å². The largest absolute Gasteiger partial charge is 0.325 e. The zero-order valence-corrected chi connectivity index (χ0v) is 17.6. The fourth-order valence-electron chi connectivity index (χ4n) is 1.04. The van der Waals surface area contributed by atoms with Crippen molar-refractivity contribution < 1.29 is 8.78 Å². The Bertz CT molecular complexity index is 621. The summed E-state index contributed by atoms with van der Waals surface area (Å²) in [6, 6.07) is 7.13. The van der Waals surface area contributed by atoms with E-state index in [1.807, 2.05) is 22.0 Å². The lowest BCUT2D eigenvalue weighted by Gasteiger charge is -1.93. The lowest BCUT2D eigenvalue weighted by atomic mass is 10.3. The average molecular weight is 558 g/mol. The summed E-state index contributed by atoms with van der Waals surface area (Å²) in [6.45, 7) is 4.16. The molecule has 2 aromatic rings. The molecule has 0 unspecified atom stereocenters. The first-order valence-electron chi connectivity index (χ1n) is 6.76. The van der Waals surface area contributed by atoms with Crippen LogP contribution in [0.3, 0.4) is 0 Å². The van der Waals surface area contributed by atoms with E-state index in [0.29, 0.717) is 5.69 Å². The van der Waals surface area contributed by atoms with Gasteiger partial charge in [-0.2, -0.15) is 5.26 Å². The molecule has 4 nitrogen and oxygen atoms in total. The molecule has 0 saturated heterocycles. The summed E-state index contributed by atoms with van der Waals surface area (Å²) in [6.07, 6.45) is 2.90. The summed E-state index contributed by atoms with van der Waals surface area (Å²) in [5.41, 5.74) is 5.31. The number of aromatic nitrogens is 2. The molecule has 0 radical (unpaired) electrons. The number of rotatable bonds is 1. The Hall–Kier alpha value is -1.19. The maximum atomic E-state index is 12.4. The van der Waals surface area contributed by atoms with Crippen LogP contribution in [0.5, 0.6) is 0 Å². The van der Waals surface area contributed by atoms with Crippen molar-refractivity contribution in [3.8, 4) is 6.07 Å². The number of nitriles is 1. The van der Waals surface area contributed by atoms with Gasteiger partial charge in [-0.25, -0.2) is 13.8 Å². The summed E-state index contributed by atoms with van der Waals surface area (Å²) in [5, 5.41) is 8.17. The second-order valence-electron chi connectivity index (χ2n) is 3.33. The molecule has 24 heavy (non-hydrogen) atoms. The van der Waals surface area contributed by atoms with E-state index < -0.39 is 5.82 Å². The number of halogens is 4. The van der Waals surface area contributed by atoms with Gasteiger partial charge in [0.2, 0.25) is 0 Å². The minimum absolute atomic E-state index is 0.155. The molecule has 0 aromatic carbocycles. The average Bonchev–Trinajstić information content (AvgIpc) is 2.65. The number of pyridine rings is 2. The second-order valence-corrected chi connectivity index (χ2v) is 4.77. The molecule has 8 heteroatoms. The van der Waals surface area contributed by atoms with Gasteiger partial charge in [0.15, 0.2) is 11.5 Å². The predicted octanol–water partition coefficient (Wildman–Crippen LogP) is 5.13. The molecule has 0 aliphatic carbocycles. The van der Waals surface area contributed by atoms with Crippen LogP contribution in [0.4, 0.5) is 8.78 Å². The quantitative estimate of drug-likeness (QED) is 0.493. The Morgan fingerprint density at radius 1 is 1.08 bits per heavy atom. The van der Waals surface area contributed by atoms with Gasteiger partial charge in [0.1, 0.15) is 11.9 Å². The highest BCUT2D eigenvalue weighted by Gasteiger charge is 1.97. The van der Waals surface area contributed by atoms with Crippen molar-refractivity contribution in [1.29, 1.82) is 5.26 Å². The molecule has 2 aromatic heterocycles. The van der Waals surface area contributed by atoms with Gasteiger partial charge in [-0.05, 0) is 32.4 Å². The lowest BCUT2D eigenvalue weighted by Crippen LogP contribution is -2.01. The highest BCUT2D eigenvalue weighted by Crippen LogP contribution is 1.99. The van der Waals surface area contributed by atoms with Crippen molar-refractivity contribution in [1.82, 2.24) is 9.97 Å². The van der Waals surface area contributed by atoms with Crippen LogP contribution in [0.15, 0.2) is 44.8 Å². The van der Waals surface area contributed by atoms with Crippen LogP contribution in [0.1, 0.15) is 25.2 Å². The van der Waals surface area contributed by atoms with Gasteiger partial charge in [0.25, 0.3) is 0 Å². The minimum Gasteiger partial charge on any atom is -0.325 e.